The molecule has 0 saturated heterocycles. The maximum absolute atomic E-state index is 6.76. The van der Waals surface area contributed by atoms with E-state index in [9.17, 15) is 0 Å². The SMILES string of the molecule is ClC1CCCc2c1ccc1c2c(-c2cccc3ccccc23)cc2ccccc21. The fraction of sp³-hybridized carbons (Fsp3) is 0.143. The van der Waals surface area contributed by atoms with Gasteiger partial charge in [-0.15, -0.1) is 11.6 Å². The molecule has 1 aliphatic rings. The topological polar surface area (TPSA) is 0 Å². The lowest BCUT2D eigenvalue weighted by Crippen LogP contribution is -2.06. The fourth-order valence-electron chi connectivity index (χ4n) is 5.14. The van der Waals surface area contributed by atoms with Gasteiger partial charge in [0.1, 0.15) is 0 Å². The van der Waals surface area contributed by atoms with Crippen LogP contribution in [0.25, 0.3) is 43.4 Å². The van der Waals surface area contributed by atoms with Crippen LogP contribution >= 0.6 is 11.6 Å². The van der Waals surface area contributed by atoms with Gasteiger partial charge in [0.2, 0.25) is 0 Å². The molecule has 0 fully saturated rings. The van der Waals surface area contributed by atoms with Crippen LogP contribution in [-0.2, 0) is 6.42 Å². The lowest BCUT2D eigenvalue weighted by molar-refractivity contribution is 0.672. The van der Waals surface area contributed by atoms with Gasteiger partial charge in [-0.25, -0.2) is 0 Å². The molecule has 0 spiro atoms. The van der Waals surface area contributed by atoms with Crippen molar-refractivity contribution >= 4 is 43.9 Å². The maximum atomic E-state index is 6.76. The minimum Gasteiger partial charge on any atom is -0.118 e. The summed E-state index contributed by atoms with van der Waals surface area (Å²) in [6, 6.07) is 31.1. The lowest BCUT2D eigenvalue weighted by atomic mass is 9.82. The molecule has 0 radical (unpaired) electrons. The van der Waals surface area contributed by atoms with Gasteiger partial charge in [-0.1, -0.05) is 78.9 Å². The van der Waals surface area contributed by atoms with Crippen LogP contribution in [0.15, 0.2) is 84.9 Å². The van der Waals surface area contributed by atoms with Crippen molar-refractivity contribution in [3.05, 3.63) is 96.1 Å². The van der Waals surface area contributed by atoms with Gasteiger partial charge in [-0.05, 0) is 79.9 Å². The van der Waals surface area contributed by atoms with Gasteiger partial charge in [0, 0.05) is 0 Å². The highest BCUT2D eigenvalue weighted by Crippen LogP contribution is 2.45. The molecule has 5 aromatic rings. The van der Waals surface area contributed by atoms with Crippen molar-refractivity contribution in [3.63, 3.8) is 0 Å². The first-order valence-corrected chi connectivity index (χ1v) is 10.8. The number of fused-ring (bicyclic) bond motifs is 6. The summed E-state index contributed by atoms with van der Waals surface area (Å²) in [6.07, 6.45) is 3.32. The molecule has 0 heterocycles. The van der Waals surface area contributed by atoms with E-state index in [4.69, 9.17) is 11.6 Å². The Morgan fingerprint density at radius 3 is 2.31 bits per heavy atom. The fourth-order valence-corrected chi connectivity index (χ4v) is 5.50. The van der Waals surface area contributed by atoms with Crippen LogP contribution in [0.5, 0.6) is 0 Å². The molecule has 1 aliphatic carbocycles. The number of halogens is 1. The van der Waals surface area contributed by atoms with Crippen LogP contribution in [0, 0.1) is 0 Å². The Kier molecular flexibility index (Phi) is 3.89. The van der Waals surface area contributed by atoms with Crippen LogP contribution in [0.1, 0.15) is 29.3 Å². The molecule has 0 N–H and O–H groups in total. The Balaban J connectivity index is 1.82. The molecule has 1 unspecified atom stereocenters. The van der Waals surface area contributed by atoms with E-state index in [1.807, 2.05) is 0 Å². The number of benzene rings is 5. The summed E-state index contributed by atoms with van der Waals surface area (Å²) in [4.78, 5) is 0. The first-order valence-electron chi connectivity index (χ1n) is 10.4. The molecule has 0 amide bonds. The molecule has 0 aromatic heterocycles. The van der Waals surface area contributed by atoms with Crippen LogP contribution in [-0.4, -0.2) is 0 Å². The maximum Gasteiger partial charge on any atom is 0.0588 e. The van der Waals surface area contributed by atoms with Crippen molar-refractivity contribution in [1.82, 2.24) is 0 Å². The van der Waals surface area contributed by atoms with Crippen LogP contribution < -0.4 is 0 Å². The quantitative estimate of drug-likeness (QED) is 0.198. The number of hydrogen-bond donors (Lipinski definition) is 0. The number of alkyl halides is 1. The summed E-state index contributed by atoms with van der Waals surface area (Å²) in [7, 11) is 0. The van der Waals surface area contributed by atoms with E-state index in [0.717, 1.165) is 19.3 Å². The number of aryl methyl sites for hydroxylation is 1. The summed E-state index contributed by atoms with van der Waals surface area (Å²) in [5.41, 5.74) is 5.41. The third-order valence-corrected chi connectivity index (χ3v) is 6.92. The average Bonchev–Trinajstić information content (AvgIpc) is 2.78. The van der Waals surface area contributed by atoms with E-state index >= 15 is 0 Å². The Labute approximate surface area is 175 Å². The second kappa shape index (κ2) is 6.61. The molecular formula is C28H21Cl. The van der Waals surface area contributed by atoms with Crippen molar-refractivity contribution in [2.75, 3.05) is 0 Å². The highest BCUT2D eigenvalue weighted by molar-refractivity contribution is 6.22. The highest BCUT2D eigenvalue weighted by atomic mass is 35.5. The van der Waals surface area contributed by atoms with Gasteiger partial charge >= 0.3 is 0 Å². The Bertz CT molecular complexity index is 1390. The summed E-state index contributed by atoms with van der Waals surface area (Å²) in [5.74, 6) is 0. The normalized spacial score (nSPS) is 16.4. The van der Waals surface area contributed by atoms with Crippen LogP contribution in [0.3, 0.4) is 0 Å². The summed E-state index contributed by atoms with van der Waals surface area (Å²) < 4.78 is 0. The van der Waals surface area contributed by atoms with Gasteiger partial charge in [-0.2, -0.15) is 0 Å². The van der Waals surface area contributed by atoms with E-state index in [2.05, 4.69) is 84.9 Å². The second-order valence-electron chi connectivity index (χ2n) is 8.09. The Morgan fingerprint density at radius 2 is 1.41 bits per heavy atom. The number of hydrogen-bond acceptors (Lipinski definition) is 0. The molecule has 0 saturated carbocycles. The molecule has 1 atom stereocenters. The van der Waals surface area contributed by atoms with E-state index in [0.29, 0.717) is 0 Å². The zero-order valence-electron chi connectivity index (χ0n) is 16.2. The van der Waals surface area contributed by atoms with Crippen LogP contribution in [0.4, 0.5) is 0 Å². The predicted molar refractivity (Wildman–Crippen MR) is 126 cm³/mol. The van der Waals surface area contributed by atoms with Crippen molar-refractivity contribution in [2.24, 2.45) is 0 Å². The summed E-state index contributed by atoms with van der Waals surface area (Å²) in [5, 5.41) is 8.06. The highest BCUT2D eigenvalue weighted by Gasteiger charge is 2.23. The van der Waals surface area contributed by atoms with E-state index in [1.54, 1.807) is 0 Å². The Morgan fingerprint density at radius 1 is 0.655 bits per heavy atom. The lowest BCUT2D eigenvalue weighted by Gasteiger charge is -2.25. The minimum atomic E-state index is 0.120. The van der Waals surface area contributed by atoms with Crippen molar-refractivity contribution in [2.45, 2.75) is 24.6 Å². The molecule has 0 bridgehead atoms. The van der Waals surface area contributed by atoms with Gasteiger partial charge in [-0.3, -0.25) is 0 Å². The summed E-state index contributed by atoms with van der Waals surface area (Å²) in [6.45, 7) is 0. The predicted octanol–water partition coefficient (Wildman–Crippen LogP) is 8.43. The van der Waals surface area contributed by atoms with Crippen molar-refractivity contribution < 1.29 is 0 Å². The molecule has 1 heteroatoms. The molecule has 140 valence electrons. The molecular weight excluding hydrogens is 372 g/mol. The van der Waals surface area contributed by atoms with E-state index in [1.165, 1.54) is 54.6 Å². The molecule has 6 rings (SSSR count). The first-order chi connectivity index (χ1) is 14.3. The van der Waals surface area contributed by atoms with E-state index in [-0.39, 0.29) is 5.38 Å². The van der Waals surface area contributed by atoms with Gasteiger partial charge in [0.25, 0.3) is 0 Å². The second-order valence-corrected chi connectivity index (χ2v) is 8.61. The molecule has 0 aliphatic heterocycles. The standard InChI is InChI=1S/C28H21Cl/c29-27-14-6-13-24-23(27)15-16-25-21-11-4-2-8-19(21)17-26(28(24)25)22-12-5-9-18-7-1-3-10-20(18)22/h1-5,7-12,15-17,27H,6,13-14H2. The van der Waals surface area contributed by atoms with Crippen molar-refractivity contribution in [1.29, 1.82) is 0 Å². The molecule has 5 aromatic carbocycles. The first kappa shape index (κ1) is 17.1. The van der Waals surface area contributed by atoms with Gasteiger partial charge < -0.3 is 0 Å². The third kappa shape index (κ3) is 2.59. The third-order valence-electron chi connectivity index (χ3n) is 6.47. The smallest absolute Gasteiger partial charge is 0.0588 e. The van der Waals surface area contributed by atoms with Crippen molar-refractivity contribution in [3.8, 4) is 11.1 Å². The largest absolute Gasteiger partial charge is 0.118 e. The monoisotopic (exact) mass is 392 g/mol. The zero-order chi connectivity index (χ0) is 19.4. The van der Waals surface area contributed by atoms with Gasteiger partial charge in [0.15, 0.2) is 0 Å². The Hall–Kier alpha value is -2.83. The van der Waals surface area contributed by atoms with Crippen LogP contribution in [0.2, 0.25) is 0 Å². The average molecular weight is 393 g/mol. The minimum absolute atomic E-state index is 0.120. The van der Waals surface area contributed by atoms with E-state index < -0.39 is 0 Å². The number of rotatable bonds is 1. The summed E-state index contributed by atoms with van der Waals surface area (Å²) >= 11 is 6.76. The molecule has 29 heavy (non-hydrogen) atoms. The zero-order valence-corrected chi connectivity index (χ0v) is 16.9. The molecule has 0 nitrogen and oxygen atoms in total. The van der Waals surface area contributed by atoms with Gasteiger partial charge in [0.05, 0.1) is 5.38 Å².